The van der Waals surface area contributed by atoms with Crippen LogP contribution in [-0.2, 0) is 38.8 Å². The molecule has 1 amide bonds. The van der Waals surface area contributed by atoms with Crippen molar-refractivity contribution in [2.75, 3.05) is 33.0 Å². The first-order valence-corrected chi connectivity index (χ1v) is 23.9. The van der Waals surface area contributed by atoms with Gasteiger partial charge in [-0.1, -0.05) is 103 Å². The number of ether oxygens (including phenoxy) is 4. The molecule has 0 bridgehead atoms. The van der Waals surface area contributed by atoms with E-state index in [4.69, 9.17) is 28.9 Å². The van der Waals surface area contributed by atoms with Crippen LogP contribution in [0.5, 0.6) is 11.5 Å². The molecular formula is C55H61N3O11. The molecule has 6 atom stereocenters. The third-order valence-corrected chi connectivity index (χ3v) is 13.6. The lowest BCUT2D eigenvalue weighted by molar-refractivity contribution is -0.384. The standard InChI is InChI=1S/C55H61N3O11/c1-2-29-67-55-51(57(35-42-18-12-17-40-15-6-7-19-45(40)42)54(62)66-31-30-65-36-38-13-4-3-5-14-38)34-49(56-68-37-39-21-23-43(24-22-39)58(63)64)47-32-41(16-8-10-27-59)46(20-9-11-28-60)52(53(47)55)48-33-44(61)25-26-50(48)69-55/h2-7,12-15,17-19,21-26,32-33,41,46,51-53,59-61H,1,8-11,16,20,27-31,34-37H2/t41-,46+,51-,52+,53+,55+/m0/s1. The number of nitro groups is 1. The number of aromatic hydroxyl groups is 1. The van der Waals surface area contributed by atoms with Crippen molar-refractivity contribution in [3.05, 3.63) is 172 Å². The van der Waals surface area contributed by atoms with Gasteiger partial charge in [-0.15, -0.1) is 6.58 Å². The second-order valence-electron chi connectivity index (χ2n) is 17.9. The predicted octanol–water partition coefficient (Wildman–Crippen LogP) is 10.1. The molecular weight excluding hydrogens is 879 g/mol. The Morgan fingerprint density at radius 2 is 1.62 bits per heavy atom. The molecule has 0 aromatic heterocycles. The van der Waals surface area contributed by atoms with Crippen LogP contribution in [0.2, 0.25) is 0 Å². The van der Waals surface area contributed by atoms with Crippen molar-refractivity contribution in [2.24, 2.45) is 22.9 Å². The quantitative estimate of drug-likeness (QED) is 0.0245. The van der Waals surface area contributed by atoms with E-state index in [2.05, 4.69) is 12.7 Å². The number of nitrogens with zero attached hydrogens (tertiary/aromatic N) is 3. The van der Waals surface area contributed by atoms with E-state index < -0.39 is 28.8 Å². The summed E-state index contributed by atoms with van der Waals surface area (Å²) in [7, 11) is 0. The molecule has 14 nitrogen and oxygen atoms in total. The molecule has 69 heavy (non-hydrogen) atoms. The van der Waals surface area contributed by atoms with Gasteiger partial charge in [0.05, 0.1) is 42.9 Å². The highest BCUT2D eigenvalue weighted by Gasteiger charge is 2.65. The van der Waals surface area contributed by atoms with Crippen LogP contribution in [0.4, 0.5) is 10.5 Å². The fourth-order valence-electron chi connectivity index (χ4n) is 10.5. The number of phenols is 1. The van der Waals surface area contributed by atoms with Gasteiger partial charge in [0.25, 0.3) is 5.69 Å². The second-order valence-corrected chi connectivity index (χ2v) is 17.9. The molecule has 0 saturated heterocycles. The smallest absolute Gasteiger partial charge is 0.410 e. The molecule has 362 valence electrons. The molecule has 8 rings (SSSR count). The minimum Gasteiger partial charge on any atom is -0.508 e. The highest BCUT2D eigenvalue weighted by molar-refractivity contribution is 6.03. The lowest BCUT2D eigenvalue weighted by Gasteiger charge is -2.59. The maximum Gasteiger partial charge on any atom is 0.410 e. The largest absolute Gasteiger partial charge is 0.508 e. The monoisotopic (exact) mass is 939 g/mol. The van der Waals surface area contributed by atoms with E-state index in [9.17, 15) is 25.4 Å². The third kappa shape index (κ3) is 11.2. The lowest BCUT2D eigenvalue weighted by atomic mass is 9.55. The summed E-state index contributed by atoms with van der Waals surface area (Å²) in [5.74, 6) is -2.06. The van der Waals surface area contributed by atoms with Crippen molar-refractivity contribution in [1.29, 1.82) is 0 Å². The maximum atomic E-state index is 15.2. The highest BCUT2D eigenvalue weighted by atomic mass is 16.7. The number of amides is 1. The molecule has 1 fully saturated rings. The third-order valence-electron chi connectivity index (χ3n) is 13.6. The summed E-state index contributed by atoms with van der Waals surface area (Å²) in [5.41, 5.74) is 4.65. The van der Waals surface area contributed by atoms with Gasteiger partial charge < -0.3 is 39.1 Å². The van der Waals surface area contributed by atoms with Crippen LogP contribution in [0, 0.1) is 27.9 Å². The summed E-state index contributed by atoms with van der Waals surface area (Å²) < 4.78 is 26.6. The Hall–Kier alpha value is -6.58. The van der Waals surface area contributed by atoms with Gasteiger partial charge in [0.2, 0.25) is 5.79 Å². The number of rotatable bonds is 23. The van der Waals surface area contributed by atoms with Crippen molar-refractivity contribution in [1.82, 2.24) is 4.90 Å². The number of allylic oxidation sites excluding steroid dienone is 1. The second kappa shape index (κ2) is 23.1. The Labute approximate surface area is 402 Å². The minimum absolute atomic E-state index is 0.00725. The first-order chi connectivity index (χ1) is 33.7. The first-order valence-electron chi connectivity index (χ1n) is 23.9. The summed E-state index contributed by atoms with van der Waals surface area (Å²) in [6, 6.07) is 34.1. The number of carbonyl (C=O) groups excluding carboxylic acids is 1. The number of hydrogen-bond donors (Lipinski definition) is 3. The van der Waals surface area contributed by atoms with E-state index in [1.807, 2.05) is 72.8 Å². The van der Waals surface area contributed by atoms with Crippen LogP contribution >= 0.6 is 0 Å². The number of carbonyl (C=O) groups is 1. The molecule has 0 unspecified atom stereocenters. The van der Waals surface area contributed by atoms with Crippen LogP contribution in [0.3, 0.4) is 0 Å². The molecule has 3 aliphatic rings. The number of hydrogen-bond acceptors (Lipinski definition) is 12. The van der Waals surface area contributed by atoms with Crippen molar-refractivity contribution >= 4 is 28.3 Å². The lowest BCUT2D eigenvalue weighted by Crippen LogP contribution is -2.70. The zero-order chi connectivity index (χ0) is 48.2. The van der Waals surface area contributed by atoms with E-state index in [-0.39, 0.29) is 81.8 Å². The maximum absolute atomic E-state index is 15.2. The average molecular weight is 940 g/mol. The van der Waals surface area contributed by atoms with E-state index in [0.29, 0.717) is 36.5 Å². The molecule has 1 aliphatic heterocycles. The van der Waals surface area contributed by atoms with Gasteiger partial charge in [0, 0.05) is 43.2 Å². The number of non-ortho nitro benzene ring substituents is 1. The number of unbranched alkanes of at least 4 members (excludes halogenated alkanes) is 2. The Balaban J connectivity index is 1.28. The molecule has 1 saturated carbocycles. The van der Waals surface area contributed by atoms with Gasteiger partial charge in [-0.3, -0.25) is 15.0 Å². The summed E-state index contributed by atoms with van der Waals surface area (Å²) >= 11 is 0. The Bertz CT molecular complexity index is 2600. The van der Waals surface area contributed by atoms with Crippen LogP contribution in [0.15, 0.2) is 145 Å². The van der Waals surface area contributed by atoms with Crippen molar-refractivity contribution in [2.45, 2.75) is 82.5 Å². The SMILES string of the molecule is C=CCO[C@@]12Oc3ccc(O)cc3[C@H]3[C@H](CCCCO)[C@@H](CCCCO)C=C(C(=NOCc4ccc([N+](=O)[O-])cc4)C[C@@H]1N(Cc1cccc4ccccc14)C(=O)OCCOCc1ccccc1)[C@H]32. The number of fused-ring (bicyclic) bond motifs is 3. The number of oxime groups is 1. The van der Waals surface area contributed by atoms with Gasteiger partial charge in [0.15, 0.2) is 0 Å². The summed E-state index contributed by atoms with van der Waals surface area (Å²) in [4.78, 5) is 34.0. The summed E-state index contributed by atoms with van der Waals surface area (Å²) in [5, 5.41) is 49.4. The van der Waals surface area contributed by atoms with E-state index in [0.717, 1.165) is 58.7 Å². The molecule has 0 spiro atoms. The fourth-order valence-corrected chi connectivity index (χ4v) is 10.5. The highest BCUT2D eigenvalue weighted by Crippen LogP contribution is 2.62. The molecule has 5 aromatic carbocycles. The van der Waals surface area contributed by atoms with Crippen LogP contribution in [0.1, 0.15) is 73.1 Å². The minimum atomic E-state index is -1.58. The predicted molar refractivity (Wildman–Crippen MR) is 261 cm³/mol. The topological polar surface area (TPSA) is 183 Å². The number of benzene rings is 5. The van der Waals surface area contributed by atoms with Gasteiger partial charge in [-0.25, -0.2) is 4.79 Å². The Morgan fingerprint density at radius 1 is 0.884 bits per heavy atom. The summed E-state index contributed by atoms with van der Waals surface area (Å²) in [6.07, 6.45) is 7.56. The number of aliphatic hydroxyl groups excluding tert-OH is 2. The van der Waals surface area contributed by atoms with Crippen molar-refractivity contribution < 1.29 is 48.8 Å². The molecule has 1 heterocycles. The number of nitro benzene ring substituents is 1. The van der Waals surface area contributed by atoms with Crippen molar-refractivity contribution in [3.8, 4) is 11.5 Å². The number of phenolic OH excluding ortho intramolecular Hbond substituents is 1. The zero-order valence-electron chi connectivity index (χ0n) is 38.8. The van der Waals surface area contributed by atoms with E-state index in [1.165, 1.54) is 12.1 Å². The first kappa shape index (κ1) is 48.9. The van der Waals surface area contributed by atoms with Gasteiger partial charge in [-0.2, -0.15) is 0 Å². The van der Waals surface area contributed by atoms with Crippen LogP contribution in [-0.4, -0.2) is 81.8 Å². The van der Waals surface area contributed by atoms with Crippen molar-refractivity contribution in [3.63, 3.8) is 0 Å². The molecule has 14 heteroatoms. The molecule has 2 aliphatic carbocycles. The van der Waals surface area contributed by atoms with E-state index in [1.54, 1.807) is 41.3 Å². The molecule has 3 N–H and O–H groups in total. The zero-order valence-corrected chi connectivity index (χ0v) is 38.8. The van der Waals surface area contributed by atoms with Gasteiger partial charge in [0.1, 0.15) is 30.8 Å². The molecule has 0 radical (unpaired) electrons. The normalized spacial score (nSPS) is 21.9. The van der Waals surface area contributed by atoms with E-state index >= 15 is 4.79 Å². The fraction of sp³-hybridized carbons (Fsp3) is 0.382. The van der Waals surface area contributed by atoms with Crippen LogP contribution in [0.25, 0.3) is 10.8 Å². The molecule has 5 aromatic rings. The Kier molecular flexibility index (Phi) is 16.4. The Morgan fingerprint density at radius 3 is 2.39 bits per heavy atom. The summed E-state index contributed by atoms with van der Waals surface area (Å²) in [6.45, 7) is 4.75. The average Bonchev–Trinajstić information content (AvgIpc) is 3.36. The van der Waals surface area contributed by atoms with Gasteiger partial charge >= 0.3 is 6.09 Å². The number of aliphatic hydroxyl groups is 2. The van der Waals surface area contributed by atoms with Crippen LogP contribution < -0.4 is 4.74 Å². The van der Waals surface area contributed by atoms with Gasteiger partial charge in [-0.05, 0) is 101 Å².